The van der Waals surface area contributed by atoms with Crippen LogP contribution in [0.3, 0.4) is 0 Å². The summed E-state index contributed by atoms with van der Waals surface area (Å²) in [6.45, 7) is 0. The molecule has 21 heavy (non-hydrogen) atoms. The van der Waals surface area contributed by atoms with Crippen LogP contribution in [-0.4, -0.2) is 24.2 Å². The number of methoxy groups -OCH3 is 1. The van der Waals surface area contributed by atoms with E-state index in [2.05, 4.69) is 4.74 Å². The van der Waals surface area contributed by atoms with Crippen molar-refractivity contribution in [1.82, 2.24) is 0 Å². The van der Waals surface area contributed by atoms with Crippen LogP contribution in [0.5, 0.6) is 0 Å². The molecule has 0 spiro atoms. The molecule has 0 aliphatic rings. The Hall–Kier alpha value is -2.76. The van der Waals surface area contributed by atoms with Crippen molar-refractivity contribution in [3.63, 3.8) is 0 Å². The zero-order valence-corrected chi connectivity index (χ0v) is 10.9. The molecule has 6 heteroatoms. The number of aromatic carboxylic acids is 1. The molecule has 0 radical (unpaired) electrons. The van der Waals surface area contributed by atoms with E-state index in [0.717, 1.165) is 18.2 Å². The van der Waals surface area contributed by atoms with E-state index in [0.29, 0.717) is 0 Å². The Morgan fingerprint density at radius 2 is 1.76 bits per heavy atom. The molecule has 0 bridgehead atoms. The minimum absolute atomic E-state index is 0.0291. The van der Waals surface area contributed by atoms with Gasteiger partial charge in [0.2, 0.25) is 0 Å². The average Bonchev–Trinajstić information content (AvgIpc) is 2.45. The second-order valence-electron chi connectivity index (χ2n) is 4.19. The average molecular weight is 292 g/mol. The molecule has 2 aromatic rings. The van der Waals surface area contributed by atoms with Gasteiger partial charge in [-0.3, -0.25) is 0 Å². The zero-order valence-electron chi connectivity index (χ0n) is 10.9. The number of halogens is 2. The molecule has 2 rings (SSSR count). The molecular formula is C15H10F2O4. The maximum Gasteiger partial charge on any atom is 0.338 e. The highest BCUT2D eigenvalue weighted by Gasteiger charge is 2.14. The van der Waals surface area contributed by atoms with E-state index in [4.69, 9.17) is 5.11 Å². The molecular weight excluding hydrogens is 282 g/mol. The van der Waals surface area contributed by atoms with Crippen LogP contribution in [0, 0.1) is 11.6 Å². The summed E-state index contributed by atoms with van der Waals surface area (Å²) in [5.41, 5.74) is -0.239. The normalized spacial score (nSPS) is 10.2. The number of rotatable bonds is 3. The van der Waals surface area contributed by atoms with Gasteiger partial charge in [0.1, 0.15) is 11.6 Å². The largest absolute Gasteiger partial charge is 0.478 e. The highest BCUT2D eigenvalue weighted by molar-refractivity contribution is 5.90. The Kier molecular flexibility index (Phi) is 3.98. The molecule has 108 valence electrons. The van der Waals surface area contributed by atoms with Crippen LogP contribution in [0.15, 0.2) is 36.4 Å². The number of hydrogen-bond acceptors (Lipinski definition) is 3. The Balaban J connectivity index is 2.45. The van der Waals surface area contributed by atoms with Crippen LogP contribution in [0.4, 0.5) is 8.78 Å². The molecule has 0 heterocycles. The summed E-state index contributed by atoms with van der Waals surface area (Å²) in [5.74, 6) is -3.79. The van der Waals surface area contributed by atoms with Gasteiger partial charge in [-0.1, -0.05) is 12.1 Å². The van der Waals surface area contributed by atoms with Crippen LogP contribution in [0.1, 0.15) is 20.7 Å². The molecule has 0 aliphatic carbocycles. The number of carbonyl (C=O) groups is 2. The molecule has 0 saturated carbocycles. The van der Waals surface area contributed by atoms with Crippen molar-refractivity contribution in [3.8, 4) is 11.1 Å². The first-order valence-corrected chi connectivity index (χ1v) is 5.85. The maximum absolute atomic E-state index is 14.0. The van der Waals surface area contributed by atoms with Crippen molar-refractivity contribution >= 4 is 11.9 Å². The van der Waals surface area contributed by atoms with E-state index in [-0.39, 0.29) is 16.7 Å². The van der Waals surface area contributed by atoms with Gasteiger partial charge >= 0.3 is 11.9 Å². The zero-order chi connectivity index (χ0) is 15.6. The highest BCUT2D eigenvalue weighted by atomic mass is 19.1. The predicted octanol–water partition coefficient (Wildman–Crippen LogP) is 3.12. The van der Waals surface area contributed by atoms with Crippen LogP contribution < -0.4 is 0 Å². The molecule has 0 fully saturated rings. The van der Waals surface area contributed by atoms with Crippen LogP contribution in [0.2, 0.25) is 0 Å². The standard InChI is InChI=1S/C15H10F2O4/c1-21-15(20)9-3-4-10(12(16)7-9)8-2-5-11(14(18)19)13(17)6-8/h2-7H,1H3,(H,18,19). The lowest BCUT2D eigenvalue weighted by atomic mass is 10.0. The summed E-state index contributed by atoms with van der Waals surface area (Å²) in [7, 11) is 1.17. The minimum Gasteiger partial charge on any atom is -0.478 e. The third kappa shape index (κ3) is 2.89. The highest BCUT2D eigenvalue weighted by Crippen LogP contribution is 2.25. The molecule has 0 aliphatic heterocycles. The molecule has 2 aromatic carbocycles. The molecule has 0 unspecified atom stereocenters. The monoisotopic (exact) mass is 292 g/mol. The van der Waals surface area contributed by atoms with Crippen molar-refractivity contribution in [2.24, 2.45) is 0 Å². The molecule has 0 amide bonds. The van der Waals surface area contributed by atoms with E-state index in [1.165, 1.54) is 25.3 Å². The quantitative estimate of drug-likeness (QED) is 0.883. The summed E-state index contributed by atoms with van der Waals surface area (Å²) in [5, 5.41) is 8.74. The number of hydrogen-bond donors (Lipinski definition) is 1. The van der Waals surface area contributed by atoms with Crippen molar-refractivity contribution in [2.45, 2.75) is 0 Å². The van der Waals surface area contributed by atoms with Gasteiger partial charge in [-0.15, -0.1) is 0 Å². The van der Waals surface area contributed by atoms with Crippen LogP contribution in [0.25, 0.3) is 11.1 Å². The van der Waals surface area contributed by atoms with Gasteiger partial charge in [0.05, 0.1) is 18.2 Å². The van der Waals surface area contributed by atoms with Gasteiger partial charge in [0.25, 0.3) is 0 Å². The van der Waals surface area contributed by atoms with E-state index in [1.54, 1.807) is 0 Å². The molecule has 0 aromatic heterocycles. The number of carbonyl (C=O) groups excluding carboxylic acids is 1. The summed E-state index contributed by atoms with van der Waals surface area (Å²) >= 11 is 0. The number of esters is 1. The summed E-state index contributed by atoms with van der Waals surface area (Å²) in [6.07, 6.45) is 0. The molecule has 1 N–H and O–H groups in total. The van der Waals surface area contributed by atoms with Crippen LogP contribution >= 0.6 is 0 Å². The van der Waals surface area contributed by atoms with E-state index in [9.17, 15) is 18.4 Å². The Morgan fingerprint density at radius 1 is 1.05 bits per heavy atom. The second kappa shape index (κ2) is 5.70. The van der Waals surface area contributed by atoms with Gasteiger partial charge in [0.15, 0.2) is 0 Å². The lowest BCUT2D eigenvalue weighted by Crippen LogP contribution is -2.03. The Morgan fingerprint density at radius 3 is 2.29 bits per heavy atom. The fourth-order valence-corrected chi connectivity index (χ4v) is 1.85. The predicted molar refractivity (Wildman–Crippen MR) is 70.1 cm³/mol. The first-order valence-electron chi connectivity index (χ1n) is 5.85. The smallest absolute Gasteiger partial charge is 0.338 e. The minimum atomic E-state index is -1.40. The Labute approximate surface area is 118 Å². The van der Waals surface area contributed by atoms with Crippen molar-refractivity contribution < 1.29 is 28.2 Å². The number of benzene rings is 2. The van der Waals surface area contributed by atoms with Gasteiger partial charge in [0, 0.05) is 5.56 Å². The summed E-state index contributed by atoms with van der Waals surface area (Å²) in [4.78, 5) is 22.0. The third-order valence-electron chi connectivity index (χ3n) is 2.90. The maximum atomic E-state index is 14.0. The van der Waals surface area contributed by atoms with Gasteiger partial charge < -0.3 is 9.84 Å². The van der Waals surface area contributed by atoms with Crippen LogP contribution in [-0.2, 0) is 4.74 Å². The first-order chi connectivity index (χ1) is 9.93. The van der Waals surface area contributed by atoms with Crippen molar-refractivity contribution in [2.75, 3.05) is 7.11 Å². The van der Waals surface area contributed by atoms with E-state index < -0.39 is 29.1 Å². The van der Waals surface area contributed by atoms with E-state index in [1.807, 2.05) is 0 Å². The van der Waals surface area contributed by atoms with Crippen molar-refractivity contribution in [3.05, 3.63) is 59.2 Å². The molecule has 0 atom stereocenters. The van der Waals surface area contributed by atoms with Gasteiger partial charge in [-0.2, -0.15) is 0 Å². The first kappa shape index (κ1) is 14.6. The van der Waals surface area contributed by atoms with Gasteiger partial charge in [-0.05, 0) is 29.8 Å². The Bertz CT molecular complexity index is 726. The summed E-state index contributed by atoms with van der Waals surface area (Å²) in [6, 6.07) is 6.90. The fourth-order valence-electron chi connectivity index (χ4n) is 1.85. The lowest BCUT2D eigenvalue weighted by molar-refractivity contribution is 0.0599. The summed E-state index contributed by atoms with van der Waals surface area (Å²) < 4.78 is 32.0. The number of ether oxygens (including phenoxy) is 1. The number of carboxylic acid groups (broad SMARTS) is 1. The SMILES string of the molecule is COC(=O)c1ccc(-c2ccc(C(=O)O)c(F)c2)c(F)c1. The number of carboxylic acids is 1. The van der Waals surface area contributed by atoms with Crippen molar-refractivity contribution in [1.29, 1.82) is 0 Å². The second-order valence-corrected chi connectivity index (χ2v) is 4.19. The van der Waals surface area contributed by atoms with Gasteiger partial charge in [-0.25, -0.2) is 18.4 Å². The third-order valence-corrected chi connectivity index (χ3v) is 2.90. The fraction of sp³-hybridized carbons (Fsp3) is 0.0667. The molecule has 4 nitrogen and oxygen atoms in total. The van der Waals surface area contributed by atoms with E-state index >= 15 is 0 Å². The topological polar surface area (TPSA) is 63.6 Å². The molecule has 0 saturated heterocycles. The lowest BCUT2D eigenvalue weighted by Gasteiger charge is -2.07.